The van der Waals surface area contributed by atoms with E-state index in [1.54, 1.807) is 7.05 Å². The van der Waals surface area contributed by atoms with Crippen LogP contribution in [0.5, 0.6) is 0 Å². The van der Waals surface area contributed by atoms with Crippen LogP contribution in [0.25, 0.3) is 0 Å². The second-order valence-corrected chi connectivity index (χ2v) is 20.6. The molecule has 62 heavy (non-hydrogen) atoms. The Balaban J connectivity index is 1.45. The van der Waals surface area contributed by atoms with Gasteiger partial charge in [-0.05, 0) is 88.2 Å². The van der Waals surface area contributed by atoms with Gasteiger partial charge in [0.25, 0.3) is 0 Å². The molecule has 4 amide bonds. The summed E-state index contributed by atoms with van der Waals surface area (Å²) in [5.41, 5.74) is 0.375. The number of hydrogen-bond donors (Lipinski definition) is 2. The van der Waals surface area contributed by atoms with E-state index < -0.39 is 11.5 Å². The van der Waals surface area contributed by atoms with E-state index in [0.717, 1.165) is 70.6 Å². The van der Waals surface area contributed by atoms with Gasteiger partial charge in [-0.25, -0.2) is 0 Å². The van der Waals surface area contributed by atoms with Crippen LogP contribution in [0.15, 0.2) is 30.3 Å². The van der Waals surface area contributed by atoms with Crippen LogP contribution in [0.4, 0.5) is 0 Å². The summed E-state index contributed by atoms with van der Waals surface area (Å²) >= 11 is 0. The lowest BCUT2D eigenvalue weighted by atomic mass is 9.76. The molecule has 0 aromatic heterocycles. The molecule has 11 nitrogen and oxygen atoms in total. The van der Waals surface area contributed by atoms with Crippen LogP contribution in [0.3, 0.4) is 0 Å². The highest BCUT2D eigenvalue weighted by atomic mass is 16.2. The number of nitrogens with one attached hydrogen (secondary N) is 2. The van der Waals surface area contributed by atoms with Gasteiger partial charge in [-0.15, -0.1) is 0 Å². The van der Waals surface area contributed by atoms with Gasteiger partial charge in [-0.2, -0.15) is 0 Å². The Labute approximate surface area is 375 Å². The molecule has 0 unspecified atom stereocenters. The van der Waals surface area contributed by atoms with Gasteiger partial charge in [0.15, 0.2) is 0 Å². The van der Waals surface area contributed by atoms with Crippen molar-refractivity contribution >= 4 is 35.2 Å². The molecule has 6 atom stereocenters. The van der Waals surface area contributed by atoms with E-state index in [1.165, 1.54) is 5.56 Å². The predicted molar refractivity (Wildman–Crippen MR) is 249 cm³/mol. The summed E-state index contributed by atoms with van der Waals surface area (Å²) in [6.45, 7) is 20.2. The van der Waals surface area contributed by atoms with Crippen LogP contribution in [0.1, 0.15) is 171 Å². The molecule has 0 aliphatic carbocycles. The SMILES string of the molecule is CC[C@@H](C)C(=O)N[C@H](C(=O)N1CCC[C@H]1CN(CCc1ccccc1)C(=O)CCCCCCCCC(=O)CC[C@@H]1CCCN1C(=O)[C@@H](CC(=O)[C@H](C)NC)C(C)(C)C)C(C)(C)C. The molecule has 2 aliphatic rings. The lowest BCUT2D eigenvalue weighted by molar-refractivity contribution is -0.143. The van der Waals surface area contributed by atoms with E-state index in [2.05, 4.69) is 22.8 Å². The van der Waals surface area contributed by atoms with Crippen LogP contribution < -0.4 is 10.6 Å². The average molecular weight is 864 g/mol. The molecule has 2 heterocycles. The first kappa shape index (κ1) is 52.7. The Morgan fingerprint density at radius 3 is 1.92 bits per heavy atom. The highest BCUT2D eigenvalue weighted by molar-refractivity contribution is 5.91. The second-order valence-electron chi connectivity index (χ2n) is 20.6. The van der Waals surface area contributed by atoms with Crippen molar-refractivity contribution in [1.82, 2.24) is 25.3 Å². The lowest BCUT2D eigenvalue weighted by Crippen LogP contribution is -2.57. The number of rotatable bonds is 26. The van der Waals surface area contributed by atoms with Crippen LogP contribution >= 0.6 is 0 Å². The summed E-state index contributed by atoms with van der Waals surface area (Å²) in [5.74, 6) is -0.244. The van der Waals surface area contributed by atoms with Crippen molar-refractivity contribution in [3.05, 3.63) is 35.9 Å². The minimum atomic E-state index is -0.639. The van der Waals surface area contributed by atoms with Crippen LogP contribution in [-0.2, 0) is 35.2 Å². The number of benzene rings is 1. The molecule has 350 valence electrons. The maximum atomic E-state index is 14.1. The minimum Gasteiger partial charge on any atom is -0.344 e. The molecule has 11 heteroatoms. The molecule has 2 N–H and O–H groups in total. The third-order valence-corrected chi connectivity index (χ3v) is 13.6. The fraction of sp³-hybridized carbons (Fsp3) is 0.765. The maximum Gasteiger partial charge on any atom is 0.246 e. The van der Waals surface area contributed by atoms with Gasteiger partial charge in [0.1, 0.15) is 17.6 Å². The number of carbonyl (C=O) groups excluding carboxylic acids is 6. The largest absolute Gasteiger partial charge is 0.344 e. The highest BCUT2D eigenvalue weighted by Crippen LogP contribution is 2.34. The summed E-state index contributed by atoms with van der Waals surface area (Å²) in [7, 11) is 1.76. The fourth-order valence-corrected chi connectivity index (χ4v) is 8.93. The molecule has 3 rings (SSSR count). The van der Waals surface area contributed by atoms with Gasteiger partial charge in [0.05, 0.1) is 6.04 Å². The summed E-state index contributed by atoms with van der Waals surface area (Å²) in [5, 5.41) is 6.08. The molecule has 2 fully saturated rings. The quantitative estimate of drug-likeness (QED) is 0.0895. The van der Waals surface area contributed by atoms with Gasteiger partial charge >= 0.3 is 0 Å². The molecular formula is C51H85N5O6. The van der Waals surface area contributed by atoms with Crippen LogP contribution in [0, 0.1) is 22.7 Å². The van der Waals surface area contributed by atoms with E-state index in [0.29, 0.717) is 58.3 Å². The molecule has 2 aliphatic heterocycles. The number of hydrogen-bond acceptors (Lipinski definition) is 7. The second kappa shape index (κ2) is 25.6. The van der Waals surface area contributed by atoms with Gasteiger partial charge in [0, 0.05) is 75.8 Å². The number of Topliss-reactive ketones (excluding diaryl/α,β-unsaturated/α-hetero) is 2. The van der Waals surface area contributed by atoms with Crippen molar-refractivity contribution in [2.75, 3.05) is 33.2 Å². The van der Waals surface area contributed by atoms with Gasteiger partial charge < -0.3 is 25.3 Å². The Hall–Kier alpha value is -3.60. The van der Waals surface area contributed by atoms with Crippen molar-refractivity contribution in [2.24, 2.45) is 22.7 Å². The summed E-state index contributed by atoms with van der Waals surface area (Å²) in [6.07, 6.45) is 13.0. The van der Waals surface area contributed by atoms with Gasteiger partial charge in [-0.3, -0.25) is 28.8 Å². The number of likely N-dealkylation sites (N-methyl/N-ethyl adjacent to an activating group) is 1. The maximum absolute atomic E-state index is 14.1. The van der Waals surface area contributed by atoms with Crippen molar-refractivity contribution in [3.8, 4) is 0 Å². The number of carbonyl (C=O) groups is 6. The Morgan fingerprint density at radius 1 is 0.758 bits per heavy atom. The minimum absolute atomic E-state index is 0.0487. The lowest BCUT2D eigenvalue weighted by Gasteiger charge is -2.37. The number of unbranched alkanes of at least 4 members (excludes halogenated alkanes) is 5. The monoisotopic (exact) mass is 864 g/mol. The van der Waals surface area contributed by atoms with Crippen LogP contribution in [0.2, 0.25) is 0 Å². The molecule has 0 saturated carbocycles. The molecular weight excluding hydrogens is 779 g/mol. The van der Waals surface area contributed by atoms with Crippen molar-refractivity contribution in [2.45, 2.75) is 196 Å². The van der Waals surface area contributed by atoms with Crippen molar-refractivity contribution in [3.63, 3.8) is 0 Å². The number of likely N-dealkylation sites (tertiary alicyclic amines) is 2. The zero-order chi connectivity index (χ0) is 46.0. The van der Waals surface area contributed by atoms with Crippen molar-refractivity contribution < 1.29 is 28.8 Å². The summed E-state index contributed by atoms with van der Waals surface area (Å²) in [6, 6.07) is 9.24. The number of amides is 4. The van der Waals surface area contributed by atoms with Gasteiger partial charge in [0.2, 0.25) is 23.6 Å². The van der Waals surface area contributed by atoms with E-state index in [4.69, 9.17) is 0 Å². The third-order valence-electron chi connectivity index (χ3n) is 13.6. The highest BCUT2D eigenvalue weighted by Gasteiger charge is 2.42. The first-order chi connectivity index (χ1) is 29.3. The number of nitrogens with zero attached hydrogens (tertiary/aromatic N) is 3. The van der Waals surface area contributed by atoms with Crippen molar-refractivity contribution in [1.29, 1.82) is 0 Å². The average Bonchev–Trinajstić information content (AvgIpc) is 3.91. The standard InChI is InChI=1S/C51H85N5O6/c1-11-37(2)47(60)53-46(51(7,8)9)49(62)56-33-22-26-41(56)36-54(34-31-39-23-17-16-18-24-39)45(59)28-20-15-13-12-14-19-27-42(57)30-29-40-25-21-32-55(40)48(61)43(50(4,5)6)35-44(58)38(3)52-10/h16-18,23-24,37-38,40-41,43,46,52H,11-15,19-22,25-36H2,1-10H3,(H,53,60)/t37-,38+,40+,41+,43-,46-/m1/s1. The van der Waals surface area contributed by atoms with E-state index in [1.807, 2.05) is 95.2 Å². The molecule has 0 bridgehead atoms. The Kier molecular flexibility index (Phi) is 21.8. The molecule has 1 aromatic carbocycles. The Morgan fingerprint density at radius 2 is 1.34 bits per heavy atom. The third kappa shape index (κ3) is 16.8. The molecule has 2 saturated heterocycles. The predicted octanol–water partition coefficient (Wildman–Crippen LogP) is 8.32. The van der Waals surface area contributed by atoms with E-state index >= 15 is 0 Å². The first-order valence-corrected chi connectivity index (χ1v) is 24.2. The van der Waals surface area contributed by atoms with E-state index in [-0.39, 0.29) is 77.0 Å². The zero-order valence-corrected chi connectivity index (χ0v) is 40.5. The van der Waals surface area contributed by atoms with Gasteiger partial charge in [-0.1, -0.05) is 111 Å². The zero-order valence-electron chi connectivity index (χ0n) is 40.5. The molecule has 0 spiro atoms. The smallest absolute Gasteiger partial charge is 0.246 e. The number of ketones is 2. The Bertz CT molecular complexity index is 1580. The topological polar surface area (TPSA) is 136 Å². The molecule has 1 aromatic rings. The van der Waals surface area contributed by atoms with E-state index in [9.17, 15) is 28.8 Å². The fourth-order valence-electron chi connectivity index (χ4n) is 8.93. The normalized spacial score (nSPS) is 18.9. The summed E-state index contributed by atoms with van der Waals surface area (Å²) in [4.78, 5) is 86.3. The van der Waals surface area contributed by atoms with Crippen LogP contribution in [-0.4, -0.2) is 107 Å². The summed E-state index contributed by atoms with van der Waals surface area (Å²) < 4.78 is 0. The first-order valence-electron chi connectivity index (χ1n) is 24.2. The molecule has 0 radical (unpaired) electrons.